The van der Waals surface area contributed by atoms with Crippen molar-refractivity contribution in [2.24, 2.45) is 0 Å². The van der Waals surface area contributed by atoms with Crippen LogP contribution < -0.4 is 0 Å². The van der Waals surface area contributed by atoms with E-state index in [1.807, 2.05) is 0 Å². The molecule has 0 bridgehead atoms. The lowest BCUT2D eigenvalue weighted by molar-refractivity contribution is 0.143. The summed E-state index contributed by atoms with van der Waals surface area (Å²) in [6.45, 7) is 0. The van der Waals surface area contributed by atoms with Gasteiger partial charge in [0.25, 0.3) is 15.5 Å². The molecule has 0 aromatic carbocycles. The molecule has 0 spiro atoms. The SMILES string of the molecule is O=S(=O)(Cl)c1cc(F)nc(C(F)F)c1I. The van der Waals surface area contributed by atoms with Gasteiger partial charge in [-0.25, -0.2) is 22.2 Å². The molecule has 0 atom stereocenters. The molecule has 0 aliphatic rings. The largest absolute Gasteiger partial charge is 0.281 e. The lowest BCUT2D eigenvalue weighted by Crippen LogP contribution is -2.04. The second-order valence-corrected chi connectivity index (χ2v) is 5.99. The minimum absolute atomic E-state index is 0.376. The second-order valence-electron chi connectivity index (χ2n) is 2.38. The summed E-state index contributed by atoms with van der Waals surface area (Å²) in [5.41, 5.74) is -0.935. The standard InChI is InChI=1S/C6H2ClF3INO2S/c7-15(13,14)2-1-3(8)12-5(4(2)11)6(9)10/h1,6H. The van der Waals surface area contributed by atoms with E-state index < -0.39 is 32.0 Å². The molecule has 0 fully saturated rings. The van der Waals surface area contributed by atoms with Crippen LogP contribution in [0.25, 0.3) is 0 Å². The lowest BCUT2D eigenvalue weighted by Gasteiger charge is -2.06. The average Bonchev–Trinajstić information content (AvgIpc) is 2.06. The van der Waals surface area contributed by atoms with Gasteiger partial charge in [-0.05, 0) is 22.6 Å². The van der Waals surface area contributed by atoms with Gasteiger partial charge in [0.05, 0.1) is 3.57 Å². The van der Waals surface area contributed by atoms with Crippen molar-refractivity contribution in [3.63, 3.8) is 0 Å². The zero-order valence-electron chi connectivity index (χ0n) is 6.72. The summed E-state index contributed by atoms with van der Waals surface area (Å²) < 4.78 is 58.8. The van der Waals surface area contributed by atoms with Crippen molar-refractivity contribution in [3.8, 4) is 0 Å². The monoisotopic (exact) mass is 371 g/mol. The molecule has 1 rings (SSSR count). The van der Waals surface area contributed by atoms with Gasteiger partial charge in [-0.3, -0.25) is 0 Å². The van der Waals surface area contributed by atoms with E-state index in [1.54, 1.807) is 0 Å². The maximum atomic E-state index is 12.7. The Hall–Kier alpha value is -0.0900. The molecule has 1 aromatic heterocycles. The van der Waals surface area contributed by atoms with Crippen LogP contribution in [0.5, 0.6) is 0 Å². The highest BCUT2D eigenvalue weighted by molar-refractivity contribution is 14.1. The molecule has 0 aliphatic heterocycles. The number of pyridine rings is 1. The van der Waals surface area contributed by atoms with Crippen molar-refractivity contribution in [1.82, 2.24) is 4.98 Å². The van der Waals surface area contributed by atoms with Crippen LogP contribution in [0.2, 0.25) is 0 Å². The third-order valence-electron chi connectivity index (χ3n) is 1.39. The van der Waals surface area contributed by atoms with E-state index in [-0.39, 0.29) is 3.57 Å². The highest BCUT2D eigenvalue weighted by Crippen LogP contribution is 2.29. The van der Waals surface area contributed by atoms with Crippen LogP contribution in [0.3, 0.4) is 0 Å². The van der Waals surface area contributed by atoms with E-state index >= 15 is 0 Å². The molecular weight excluding hydrogens is 369 g/mol. The number of nitrogens with zero attached hydrogens (tertiary/aromatic N) is 1. The van der Waals surface area contributed by atoms with Crippen molar-refractivity contribution in [2.75, 3.05) is 0 Å². The smallest absolute Gasteiger partial charge is 0.218 e. The number of halogens is 5. The first-order chi connectivity index (χ1) is 6.73. The quantitative estimate of drug-likeness (QED) is 0.456. The van der Waals surface area contributed by atoms with Gasteiger partial charge in [0, 0.05) is 16.7 Å². The van der Waals surface area contributed by atoms with E-state index in [1.165, 1.54) is 22.6 Å². The maximum Gasteiger partial charge on any atom is 0.281 e. The summed E-state index contributed by atoms with van der Waals surface area (Å²) >= 11 is 1.33. The molecule has 1 aromatic rings. The van der Waals surface area contributed by atoms with E-state index in [0.29, 0.717) is 6.07 Å². The Bertz CT molecular complexity index is 493. The summed E-state index contributed by atoms with van der Waals surface area (Å²) in [5, 5.41) is 0. The van der Waals surface area contributed by atoms with Crippen molar-refractivity contribution in [3.05, 3.63) is 21.3 Å². The van der Waals surface area contributed by atoms with Gasteiger partial charge in [0.1, 0.15) is 10.6 Å². The Kier molecular flexibility index (Phi) is 3.82. The van der Waals surface area contributed by atoms with E-state index in [0.717, 1.165) is 0 Å². The Labute approximate surface area is 101 Å². The Balaban J connectivity index is 3.56. The molecular formula is C6H2ClF3INO2S. The summed E-state index contributed by atoms with van der Waals surface area (Å²) in [6, 6.07) is 0.496. The molecule has 0 radical (unpaired) electrons. The zero-order valence-corrected chi connectivity index (χ0v) is 10.4. The third kappa shape index (κ3) is 2.94. The Morgan fingerprint density at radius 2 is 2.00 bits per heavy atom. The van der Waals surface area contributed by atoms with Crippen molar-refractivity contribution < 1.29 is 21.6 Å². The number of hydrogen-bond acceptors (Lipinski definition) is 3. The van der Waals surface area contributed by atoms with Crippen LogP contribution in [0.4, 0.5) is 13.2 Å². The number of alkyl halides is 2. The molecule has 0 amide bonds. The minimum Gasteiger partial charge on any atom is -0.218 e. The highest BCUT2D eigenvalue weighted by Gasteiger charge is 2.24. The molecule has 0 N–H and O–H groups in total. The van der Waals surface area contributed by atoms with E-state index in [9.17, 15) is 21.6 Å². The maximum absolute atomic E-state index is 12.7. The fourth-order valence-electron chi connectivity index (χ4n) is 0.816. The number of aromatic nitrogens is 1. The van der Waals surface area contributed by atoms with Gasteiger partial charge in [-0.2, -0.15) is 4.39 Å². The van der Waals surface area contributed by atoms with Gasteiger partial charge in [-0.15, -0.1) is 0 Å². The van der Waals surface area contributed by atoms with Gasteiger partial charge < -0.3 is 0 Å². The van der Waals surface area contributed by atoms with Crippen LogP contribution >= 0.6 is 33.3 Å². The highest BCUT2D eigenvalue weighted by atomic mass is 127. The predicted octanol–water partition coefficient (Wildman–Crippen LogP) is 2.69. The average molecular weight is 372 g/mol. The Morgan fingerprint density at radius 3 is 2.40 bits per heavy atom. The number of hydrogen-bond donors (Lipinski definition) is 0. The van der Waals surface area contributed by atoms with Crippen LogP contribution in [0.15, 0.2) is 11.0 Å². The minimum atomic E-state index is -4.26. The van der Waals surface area contributed by atoms with E-state index in [4.69, 9.17) is 10.7 Å². The van der Waals surface area contributed by atoms with Crippen molar-refractivity contribution >= 4 is 42.3 Å². The van der Waals surface area contributed by atoms with Gasteiger partial charge >= 0.3 is 0 Å². The first-order valence-corrected chi connectivity index (χ1v) is 6.71. The van der Waals surface area contributed by atoms with E-state index in [2.05, 4.69) is 4.98 Å². The summed E-state index contributed by atoms with van der Waals surface area (Å²) in [5.74, 6) is -1.31. The van der Waals surface area contributed by atoms with Crippen molar-refractivity contribution in [1.29, 1.82) is 0 Å². The molecule has 0 saturated heterocycles. The summed E-state index contributed by atoms with van der Waals surface area (Å²) in [4.78, 5) is 2.20. The van der Waals surface area contributed by atoms with Crippen LogP contribution in [0.1, 0.15) is 12.1 Å². The predicted molar refractivity (Wildman–Crippen MR) is 54.9 cm³/mol. The topological polar surface area (TPSA) is 47.0 Å². The number of rotatable bonds is 2. The molecule has 84 valence electrons. The van der Waals surface area contributed by atoms with Crippen LogP contribution in [0, 0.1) is 9.52 Å². The first kappa shape index (κ1) is 13.0. The molecule has 1 heterocycles. The second kappa shape index (κ2) is 4.42. The lowest BCUT2D eigenvalue weighted by atomic mass is 10.3. The Morgan fingerprint density at radius 1 is 1.47 bits per heavy atom. The van der Waals surface area contributed by atoms with Gasteiger partial charge in [0.2, 0.25) is 5.95 Å². The molecule has 3 nitrogen and oxygen atoms in total. The van der Waals surface area contributed by atoms with Crippen LogP contribution in [-0.2, 0) is 9.05 Å². The fourth-order valence-corrected chi connectivity index (χ4v) is 3.51. The zero-order chi connectivity index (χ0) is 11.8. The van der Waals surface area contributed by atoms with Crippen molar-refractivity contribution in [2.45, 2.75) is 11.3 Å². The molecule has 0 saturated carbocycles. The van der Waals surface area contributed by atoms with Gasteiger partial charge in [0.15, 0.2) is 0 Å². The fraction of sp³-hybridized carbons (Fsp3) is 0.167. The molecule has 0 unspecified atom stereocenters. The molecule has 9 heteroatoms. The summed E-state index contributed by atoms with van der Waals surface area (Å²) in [7, 11) is 0.680. The molecule has 15 heavy (non-hydrogen) atoms. The molecule has 0 aliphatic carbocycles. The third-order valence-corrected chi connectivity index (χ3v) is 4.23. The summed E-state index contributed by atoms with van der Waals surface area (Å²) in [6.07, 6.45) is -3.07. The normalized spacial score (nSPS) is 12.1. The van der Waals surface area contributed by atoms with Gasteiger partial charge in [-0.1, -0.05) is 0 Å². The first-order valence-electron chi connectivity index (χ1n) is 3.32. The van der Waals surface area contributed by atoms with Crippen LogP contribution in [-0.4, -0.2) is 13.4 Å².